The molecule has 148 valence electrons. The van der Waals surface area contributed by atoms with Crippen molar-refractivity contribution in [2.24, 2.45) is 0 Å². The summed E-state index contributed by atoms with van der Waals surface area (Å²) >= 11 is 0. The molecule has 2 aromatic rings. The zero-order valence-electron chi connectivity index (χ0n) is 15.6. The highest BCUT2D eigenvalue weighted by Gasteiger charge is 2.27. The minimum atomic E-state index is -0.411. The van der Waals surface area contributed by atoms with E-state index in [0.29, 0.717) is 31.7 Å². The van der Waals surface area contributed by atoms with E-state index in [2.05, 4.69) is 0 Å². The van der Waals surface area contributed by atoms with Crippen LogP contribution in [0.25, 0.3) is 0 Å². The van der Waals surface area contributed by atoms with Crippen molar-refractivity contribution in [1.29, 1.82) is 0 Å². The van der Waals surface area contributed by atoms with Crippen LogP contribution in [0, 0.1) is 5.82 Å². The Bertz CT molecular complexity index is 845. The maximum Gasteiger partial charge on any atom is 0.289 e. The summed E-state index contributed by atoms with van der Waals surface area (Å²) in [6.45, 7) is 2.78. The summed E-state index contributed by atoms with van der Waals surface area (Å²) in [7, 11) is 0. The van der Waals surface area contributed by atoms with Crippen molar-refractivity contribution < 1.29 is 23.2 Å². The highest BCUT2D eigenvalue weighted by molar-refractivity contribution is 5.91. The van der Waals surface area contributed by atoms with Crippen LogP contribution in [0.4, 0.5) is 4.39 Å². The molecule has 1 fully saturated rings. The molecule has 1 saturated heterocycles. The minimum Gasteiger partial charge on any atom is -0.459 e. The van der Waals surface area contributed by atoms with Gasteiger partial charge in [0.2, 0.25) is 11.8 Å². The summed E-state index contributed by atoms with van der Waals surface area (Å²) in [5.41, 5.74) is 0.361. The topological polar surface area (TPSA) is 74.1 Å². The fourth-order valence-corrected chi connectivity index (χ4v) is 3.09. The smallest absolute Gasteiger partial charge is 0.289 e. The van der Waals surface area contributed by atoms with Gasteiger partial charge in [0.05, 0.1) is 6.26 Å². The molecule has 28 heavy (non-hydrogen) atoms. The minimum absolute atomic E-state index is 0.0324. The van der Waals surface area contributed by atoms with Gasteiger partial charge in [-0.2, -0.15) is 0 Å². The van der Waals surface area contributed by atoms with E-state index in [-0.39, 0.29) is 36.6 Å². The van der Waals surface area contributed by atoms with Gasteiger partial charge in [-0.05, 0) is 18.2 Å². The van der Waals surface area contributed by atoms with Crippen LogP contribution in [0.2, 0.25) is 0 Å². The molecule has 1 aromatic heterocycles. The van der Waals surface area contributed by atoms with Crippen LogP contribution in [-0.2, 0) is 16.1 Å². The van der Waals surface area contributed by atoms with Crippen molar-refractivity contribution in [3.05, 3.63) is 59.8 Å². The second kappa shape index (κ2) is 8.69. The first-order valence-electron chi connectivity index (χ1n) is 9.05. The Labute approximate surface area is 162 Å². The molecule has 0 saturated carbocycles. The molecule has 2 heterocycles. The molecule has 7 nitrogen and oxygen atoms in total. The maximum absolute atomic E-state index is 13.9. The van der Waals surface area contributed by atoms with E-state index in [9.17, 15) is 18.8 Å². The molecular weight excluding hydrogens is 365 g/mol. The van der Waals surface area contributed by atoms with Gasteiger partial charge in [0.15, 0.2) is 5.76 Å². The Kier molecular flexibility index (Phi) is 6.08. The second-order valence-corrected chi connectivity index (χ2v) is 6.62. The Morgan fingerprint density at radius 1 is 1.04 bits per heavy atom. The number of hydrogen-bond acceptors (Lipinski definition) is 4. The van der Waals surface area contributed by atoms with E-state index >= 15 is 0 Å². The maximum atomic E-state index is 13.9. The Balaban J connectivity index is 1.55. The normalized spacial score (nSPS) is 14.1. The number of rotatable bonds is 5. The van der Waals surface area contributed by atoms with E-state index in [1.54, 1.807) is 40.1 Å². The third-order valence-electron chi connectivity index (χ3n) is 4.74. The molecule has 0 radical (unpaired) electrons. The predicted molar refractivity (Wildman–Crippen MR) is 98.7 cm³/mol. The predicted octanol–water partition coefficient (Wildman–Crippen LogP) is 1.75. The van der Waals surface area contributed by atoms with Gasteiger partial charge in [0, 0.05) is 45.2 Å². The number of hydrogen-bond donors (Lipinski definition) is 0. The Hall–Kier alpha value is -3.16. The summed E-state index contributed by atoms with van der Waals surface area (Å²) < 4.78 is 19.0. The second-order valence-electron chi connectivity index (χ2n) is 6.62. The molecule has 8 heteroatoms. The molecule has 0 atom stereocenters. The quantitative estimate of drug-likeness (QED) is 0.784. The van der Waals surface area contributed by atoms with Crippen molar-refractivity contribution in [1.82, 2.24) is 14.7 Å². The lowest BCUT2D eigenvalue weighted by Gasteiger charge is -2.35. The summed E-state index contributed by atoms with van der Waals surface area (Å²) in [5.74, 6) is -0.874. The molecule has 0 unspecified atom stereocenters. The van der Waals surface area contributed by atoms with Crippen LogP contribution in [0.1, 0.15) is 23.0 Å². The first kappa shape index (κ1) is 19.6. The first-order chi connectivity index (χ1) is 13.5. The van der Waals surface area contributed by atoms with Crippen LogP contribution in [0.15, 0.2) is 47.1 Å². The first-order valence-corrected chi connectivity index (χ1v) is 9.05. The van der Waals surface area contributed by atoms with E-state index < -0.39 is 5.82 Å². The molecule has 3 amide bonds. The third-order valence-corrected chi connectivity index (χ3v) is 4.74. The van der Waals surface area contributed by atoms with E-state index in [4.69, 9.17) is 4.42 Å². The van der Waals surface area contributed by atoms with Crippen molar-refractivity contribution in [2.75, 3.05) is 32.7 Å². The molecule has 3 rings (SSSR count). The van der Waals surface area contributed by atoms with Gasteiger partial charge in [0.1, 0.15) is 12.4 Å². The molecular formula is C20H22FN3O4. The number of nitrogens with zero attached hydrogens (tertiary/aromatic N) is 3. The molecule has 0 bridgehead atoms. The van der Waals surface area contributed by atoms with Crippen molar-refractivity contribution in [3.8, 4) is 0 Å². The van der Waals surface area contributed by atoms with Crippen molar-refractivity contribution >= 4 is 17.7 Å². The van der Waals surface area contributed by atoms with Gasteiger partial charge in [-0.25, -0.2) is 4.39 Å². The van der Waals surface area contributed by atoms with Crippen LogP contribution >= 0.6 is 0 Å². The summed E-state index contributed by atoms with van der Waals surface area (Å²) in [5, 5.41) is 0. The van der Waals surface area contributed by atoms with E-state index in [0.717, 1.165) is 0 Å². The molecule has 0 spiro atoms. The molecule has 1 aromatic carbocycles. The Morgan fingerprint density at radius 3 is 2.32 bits per heavy atom. The average Bonchev–Trinajstić information content (AvgIpc) is 3.23. The van der Waals surface area contributed by atoms with Crippen molar-refractivity contribution in [3.63, 3.8) is 0 Å². The SMILES string of the molecule is CC(=O)N(CC(=O)N1CCN(C(=O)c2ccco2)CC1)Cc1ccccc1F. The van der Waals surface area contributed by atoms with Gasteiger partial charge < -0.3 is 19.1 Å². The standard InChI is InChI=1S/C20H22FN3O4/c1-15(25)24(13-16-5-2-3-6-17(16)21)14-19(26)22-8-10-23(11-9-22)20(27)18-7-4-12-28-18/h2-7,12H,8-11,13-14H2,1H3. The number of furan rings is 1. The summed E-state index contributed by atoms with van der Waals surface area (Å²) in [4.78, 5) is 41.4. The molecule has 0 aliphatic carbocycles. The number of benzene rings is 1. The molecule has 1 aliphatic heterocycles. The van der Waals surface area contributed by atoms with Crippen molar-refractivity contribution in [2.45, 2.75) is 13.5 Å². The zero-order valence-corrected chi connectivity index (χ0v) is 15.6. The van der Waals surface area contributed by atoms with Gasteiger partial charge in [-0.15, -0.1) is 0 Å². The van der Waals surface area contributed by atoms with Crippen LogP contribution in [0.5, 0.6) is 0 Å². The fourth-order valence-electron chi connectivity index (χ4n) is 3.09. The number of piperazine rings is 1. The number of amides is 3. The van der Waals surface area contributed by atoms with Crippen LogP contribution < -0.4 is 0 Å². The summed E-state index contributed by atoms with van der Waals surface area (Å²) in [6, 6.07) is 9.44. The number of carbonyl (C=O) groups excluding carboxylic acids is 3. The third kappa shape index (κ3) is 4.57. The highest BCUT2D eigenvalue weighted by atomic mass is 19.1. The fraction of sp³-hybridized carbons (Fsp3) is 0.350. The van der Waals surface area contributed by atoms with Gasteiger partial charge in [-0.3, -0.25) is 14.4 Å². The molecule has 0 N–H and O–H groups in total. The van der Waals surface area contributed by atoms with Crippen LogP contribution in [-0.4, -0.2) is 65.1 Å². The monoisotopic (exact) mass is 387 g/mol. The molecule has 1 aliphatic rings. The van der Waals surface area contributed by atoms with Gasteiger partial charge in [0.25, 0.3) is 5.91 Å². The lowest BCUT2D eigenvalue weighted by atomic mass is 10.2. The van der Waals surface area contributed by atoms with Gasteiger partial charge in [-0.1, -0.05) is 18.2 Å². The number of halogens is 1. The highest BCUT2D eigenvalue weighted by Crippen LogP contribution is 2.12. The van der Waals surface area contributed by atoms with E-state index in [1.165, 1.54) is 24.2 Å². The Morgan fingerprint density at radius 2 is 1.71 bits per heavy atom. The zero-order chi connectivity index (χ0) is 20.1. The van der Waals surface area contributed by atoms with Crippen LogP contribution in [0.3, 0.4) is 0 Å². The largest absolute Gasteiger partial charge is 0.459 e. The van der Waals surface area contributed by atoms with E-state index in [1.807, 2.05) is 0 Å². The number of carbonyl (C=O) groups is 3. The lowest BCUT2D eigenvalue weighted by Crippen LogP contribution is -2.52. The average molecular weight is 387 g/mol. The summed E-state index contributed by atoms with van der Waals surface area (Å²) in [6.07, 6.45) is 1.44. The van der Waals surface area contributed by atoms with Gasteiger partial charge >= 0.3 is 0 Å². The lowest BCUT2D eigenvalue weighted by molar-refractivity contribution is -0.140.